The fraction of sp³-hybridized carbons (Fsp3) is 0.128. The van der Waals surface area contributed by atoms with Gasteiger partial charge in [-0.15, -0.1) is 0 Å². The SMILES string of the molecule is [C-]#[N+]c1cc(C#N)c2c(c1)C(C)(C)c1cc(C#N)cc(C#N)c1N2B1c2ccccc2C2(C)c3ccccc3-c3cccc1c32. The lowest BCUT2D eigenvalue weighted by Crippen LogP contribution is -2.63. The van der Waals surface area contributed by atoms with E-state index >= 15 is 0 Å². The van der Waals surface area contributed by atoms with E-state index in [2.05, 4.69) is 102 Å². The fourth-order valence-electron chi connectivity index (χ4n) is 8.33. The van der Waals surface area contributed by atoms with Gasteiger partial charge in [-0.2, -0.15) is 15.8 Å². The molecule has 5 aromatic carbocycles. The quantitative estimate of drug-likeness (QED) is 0.159. The van der Waals surface area contributed by atoms with E-state index in [9.17, 15) is 15.8 Å². The van der Waals surface area contributed by atoms with E-state index in [0.717, 1.165) is 22.1 Å². The molecule has 5 aromatic rings. The molecule has 2 heterocycles. The first kappa shape index (κ1) is 26.5. The maximum Gasteiger partial charge on any atom is 0.328 e. The number of fused-ring (bicyclic) bond motifs is 7. The van der Waals surface area contributed by atoms with Gasteiger partial charge in [-0.3, -0.25) is 0 Å². The van der Waals surface area contributed by atoms with Gasteiger partial charge in [-0.05, 0) is 75.0 Å². The Morgan fingerprint density at radius 2 is 1.29 bits per heavy atom. The average Bonchev–Trinajstić information content (AvgIpc) is 3.35. The zero-order valence-corrected chi connectivity index (χ0v) is 25.0. The van der Waals surface area contributed by atoms with E-state index < -0.39 is 17.7 Å². The number of benzene rings is 5. The minimum Gasteiger partial charge on any atom is -0.374 e. The van der Waals surface area contributed by atoms with Gasteiger partial charge >= 0.3 is 6.85 Å². The summed E-state index contributed by atoms with van der Waals surface area (Å²) in [4.78, 5) is 5.89. The van der Waals surface area contributed by atoms with Crippen molar-refractivity contribution in [1.82, 2.24) is 0 Å². The van der Waals surface area contributed by atoms with Crippen LogP contribution in [0.3, 0.4) is 0 Å². The highest BCUT2D eigenvalue weighted by Gasteiger charge is 2.53. The molecular weight excluding hydrogens is 549 g/mol. The third kappa shape index (κ3) is 3.19. The number of hydrogen-bond acceptors (Lipinski definition) is 4. The van der Waals surface area contributed by atoms with Crippen LogP contribution < -0.4 is 15.7 Å². The van der Waals surface area contributed by atoms with Crippen LogP contribution in [0.15, 0.2) is 91.0 Å². The van der Waals surface area contributed by atoms with Crippen LogP contribution in [0.5, 0.6) is 0 Å². The standard InChI is InChI=1S/C39H24BN5/c1-38(2)31-17-23(20-41)16-24(21-42)36(31)45(37-25(22-43)18-26(44-4)19-32(37)38)40-33-14-8-7-13-30(33)39(3)29-12-6-5-10-27(29)28-11-9-15-34(40)35(28)39/h5-19H,1-3H3. The van der Waals surface area contributed by atoms with E-state index in [1.54, 1.807) is 12.1 Å². The highest BCUT2D eigenvalue weighted by molar-refractivity contribution is 6.90. The van der Waals surface area contributed by atoms with Crippen molar-refractivity contribution < 1.29 is 0 Å². The summed E-state index contributed by atoms with van der Waals surface area (Å²) in [6.07, 6.45) is 0. The summed E-state index contributed by atoms with van der Waals surface area (Å²) in [6.45, 7) is 13.8. The highest BCUT2D eigenvalue weighted by Crippen LogP contribution is 2.56. The molecule has 0 bridgehead atoms. The van der Waals surface area contributed by atoms with E-state index in [0.29, 0.717) is 33.8 Å². The molecule has 0 spiro atoms. The molecular formula is C39H24BN5. The maximum atomic E-state index is 10.6. The number of nitrogens with zero attached hydrogens (tertiary/aromatic N) is 5. The molecule has 1 atom stereocenters. The predicted octanol–water partition coefficient (Wildman–Crippen LogP) is 7.08. The van der Waals surface area contributed by atoms with Crippen molar-refractivity contribution in [3.05, 3.63) is 147 Å². The van der Waals surface area contributed by atoms with Crippen LogP contribution >= 0.6 is 0 Å². The third-order valence-corrected chi connectivity index (χ3v) is 10.2. The molecule has 1 aliphatic carbocycles. The van der Waals surface area contributed by atoms with Crippen LogP contribution in [0.1, 0.15) is 65.3 Å². The molecule has 45 heavy (non-hydrogen) atoms. The zero-order chi connectivity index (χ0) is 31.2. The minimum atomic E-state index is -0.705. The molecule has 0 aromatic heterocycles. The Bertz CT molecular complexity index is 2260. The van der Waals surface area contributed by atoms with Crippen LogP contribution in [0.25, 0.3) is 16.0 Å². The Labute approximate surface area is 262 Å². The van der Waals surface area contributed by atoms with Gasteiger partial charge in [-0.25, -0.2) is 4.85 Å². The Morgan fingerprint density at radius 3 is 2.00 bits per heavy atom. The number of anilines is 2. The second-order valence-corrected chi connectivity index (χ2v) is 12.7. The van der Waals surface area contributed by atoms with Crippen LogP contribution in [0.4, 0.5) is 17.1 Å². The highest BCUT2D eigenvalue weighted by atomic mass is 15.1. The molecule has 0 N–H and O–H groups in total. The second kappa shape index (κ2) is 8.97. The molecule has 0 radical (unpaired) electrons. The number of hydrogen-bond donors (Lipinski definition) is 0. The average molecular weight is 573 g/mol. The zero-order valence-electron chi connectivity index (χ0n) is 25.0. The topological polar surface area (TPSA) is 79.0 Å². The maximum absolute atomic E-state index is 10.6. The summed E-state index contributed by atoms with van der Waals surface area (Å²) in [7, 11) is 0. The first-order chi connectivity index (χ1) is 21.8. The third-order valence-electron chi connectivity index (χ3n) is 10.2. The molecule has 0 saturated carbocycles. The van der Waals surface area contributed by atoms with Crippen molar-refractivity contribution in [1.29, 1.82) is 15.8 Å². The predicted molar refractivity (Wildman–Crippen MR) is 176 cm³/mol. The van der Waals surface area contributed by atoms with Gasteiger partial charge in [-0.1, -0.05) is 86.6 Å². The van der Waals surface area contributed by atoms with Crippen molar-refractivity contribution in [2.24, 2.45) is 0 Å². The van der Waals surface area contributed by atoms with Crippen molar-refractivity contribution in [2.45, 2.75) is 31.6 Å². The van der Waals surface area contributed by atoms with Gasteiger partial charge in [0.25, 0.3) is 0 Å². The second-order valence-electron chi connectivity index (χ2n) is 12.7. The van der Waals surface area contributed by atoms with Gasteiger partial charge in [0.15, 0.2) is 5.69 Å². The molecule has 3 aliphatic rings. The summed E-state index contributed by atoms with van der Waals surface area (Å²) in [5, 5.41) is 31.2. The van der Waals surface area contributed by atoms with Crippen LogP contribution in [-0.2, 0) is 10.8 Å². The number of nitriles is 3. The first-order valence-electron chi connectivity index (χ1n) is 14.9. The van der Waals surface area contributed by atoms with E-state index in [-0.39, 0.29) is 0 Å². The molecule has 0 saturated heterocycles. The van der Waals surface area contributed by atoms with Gasteiger partial charge in [0, 0.05) is 16.5 Å². The van der Waals surface area contributed by atoms with Gasteiger partial charge in [0.2, 0.25) is 0 Å². The summed E-state index contributed by atoms with van der Waals surface area (Å²) in [5.74, 6) is 0. The van der Waals surface area contributed by atoms with E-state index in [4.69, 9.17) is 6.57 Å². The molecule has 5 nitrogen and oxygen atoms in total. The Balaban J connectivity index is 1.56. The Hall–Kier alpha value is -6.08. The minimum absolute atomic E-state index is 0.377. The van der Waals surface area contributed by atoms with Gasteiger partial charge in [0.05, 0.1) is 41.1 Å². The van der Waals surface area contributed by atoms with Crippen LogP contribution in [-0.4, -0.2) is 6.85 Å². The molecule has 208 valence electrons. The Morgan fingerprint density at radius 1 is 0.667 bits per heavy atom. The van der Waals surface area contributed by atoms with Crippen molar-refractivity contribution in [3.63, 3.8) is 0 Å². The summed E-state index contributed by atoms with van der Waals surface area (Å²) in [6, 6.07) is 37.7. The van der Waals surface area contributed by atoms with Gasteiger partial charge in [0.1, 0.15) is 6.07 Å². The normalized spacial score (nSPS) is 17.3. The lowest BCUT2D eigenvalue weighted by molar-refractivity contribution is 0.633. The molecule has 8 rings (SSSR count). The molecule has 0 fully saturated rings. The van der Waals surface area contributed by atoms with Crippen molar-refractivity contribution in [3.8, 4) is 29.3 Å². The van der Waals surface area contributed by atoms with Crippen LogP contribution in [0.2, 0.25) is 0 Å². The first-order valence-corrected chi connectivity index (χ1v) is 14.9. The summed E-state index contributed by atoms with van der Waals surface area (Å²) >= 11 is 0. The van der Waals surface area contributed by atoms with E-state index in [1.165, 1.54) is 27.8 Å². The Kier molecular flexibility index (Phi) is 5.29. The molecule has 2 aliphatic heterocycles. The van der Waals surface area contributed by atoms with Gasteiger partial charge < -0.3 is 4.81 Å². The summed E-state index contributed by atoms with van der Waals surface area (Å²) < 4.78 is 0. The number of rotatable bonds is 1. The summed E-state index contributed by atoms with van der Waals surface area (Å²) in [5.41, 5.74) is 11.7. The van der Waals surface area contributed by atoms with Crippen molar-refractivity contribution in [2.75, 3.05) is 4.81 Å². The molecule has 6 heteroatoms. The largest absolute Gasteiger partial charge is 0.374 e. The van der Waals surface area contributed by atoms with E-state index in [1.807, 2.05) is 26.0 Å². The van der Waals surface area contributed by atoms with Crippen LogP contribution in [0, 0.1) is 40.6 Å². The smallest absolute Gasteiger partial charge is 0.328 e. The lowest BCUT2D eigenvalue weighted by atomic mass is 9.40. The molecule has 1 unspecified atom stereocenters. The van der Waals surface area contributed by atoms with Crippen molar-refractivity contribution >= 4 is 34.8 Å². The fourth-order valence-corrected chi connectivity index (χ4v) is 8.33. The lowest BCUT2D eigenvalue weighted by Gasteiger charge is -2.49. The monoisotopic (exact) mass is 573 g/mol. The molecule has 0 amide bonds.